The summed E-state index contributed by atoms with van der Waals surface area (Å²) in [6.45, 7) is 6.08. The highest BCUT2D eigenvalue weighted by Crippen LogP contribution is 2.32. The van der Waals surface area contributed by atoms with Crippen molar-refractivity contribution in [2.75, 3.05) is 13.2 Å². The summed E-state index contributed by atoms with van der Waals surface area (Å²) >= 11 is 0. The second-order valence-corrected chi connectivity index (χ2v) is 4.57. The van der Waals surface area contributed by atoms with Crippen LogP contribution in [0.1, 0.15) is 11.1 Å². The molecule has 0 aromatic heterocycles. The first-order valence-corrected chi connectivity index (χ1v) is 6.04. The lowest BCUT2D eigenvalue weighted by Gasteiger charge is -2.29. The van der Waals surface area contributed by atoms with Gasteiger partial charge in [-0.2, -0.15) is 0 Å². The quantitative estimate of drug-likeness (QED) is 0.596. The maximum atomic E-state index is 11.7. The van der Waals surface area contributed by atoms with E-state index in [2.05, 4.69) is 6.58 Å². The maximum absolute atomic E-state index is 11.7. The minimum atomic E-state index is -0.0433. The molecule has 1 fully saturated rings. The number of carbonyl (C=O) groups excluding carboxylic acids is 1. The van der Waals surface area contributed by atoms with E-state index in [1.165, 1.54) is 6.08 Å². The van der Waals surface area contributed by atoms with Crippen LogP contribution in [-0.2, 0) is 22.6 Å². The van der Waals surface area contributed by atoms with E-state index in [9.17, 15) is 4.79 Å². The molecule has 1 atom stereocenters. The predicted octanol–water partition coefficient (Wildman–Crippen LogP) is 1.49. The number of hydrogen-bond acceptors (Lipinski definition) is 3. The highest BCUT2D eigenvalue weighted by atomic mass is 16.6. The molecule has 18 heavy (non-hydrogen) atoms. The number of amides is 1. The monoisotopic (exact) mass is 245 g/mol. The van der Waals surface area contributed by atoms with Gasteiger partial charge >= 0.3 is 0 Å². The summed E-state index contributed by atoms with van der Waals surface area (Å²) in [5.74, 6) is 0.874. The lowest BCUT2D eigenvalue weighted by molar-refractivity contribution is -0.127. The zero-order valence-electron chi connectivity index (χ0n) is 10.1. The highest BCUT2D eigenvalue weighted by molar-refractivity contribution is 5.87. The van der Waals surface area contributed by atoms with Crippen molar-refractivity contribution in [3.8, 4) is 5.75 Å². The van der Waals surface area contributed by atoms with Crippen LogP contribution in [-0.4, -0.2) is 30.1 Å². The fourth-order valence-electron chi connectivity index (χ4n) is 2.17. The third-order valence-corrected chi connectivity index (χ3v) is 3.20. The number of fused-ring (bicyclic) bond motifs is 2. The van der Waals surface area contributed by atoms with Crippen molar-refractivity contribution in [2.24, 2.45) is 0 Å². The lowest BCUT2D eigenvalue weighted by atomic mass is 10.0. The summed E-state index contributed by atoms with van der Waals surface area (Å²) in [5.41, 5.74) is 2.10. The number of hydrogen-bond donors (Lipinski definition) is 0. The van der Waals surface area contributed by atoms with Crippen LogP contribution in [0.15, 0.2) is 30.9 Å². The molecule has 0 N–H and O–H groups in total. The van der Waals surface area contributed by atoms with Gasteiger partial charge in [-0.3, -0.25) is 4.79 Å². The van der Waals surface area contributed by atoms with Gasteiger partial charge in [0.15, 0.2) is 0 Å². The number of para-hydroxylation sites is 1. The van der Waals surface area contributed by atoms with Crippen LogP contribution in [0.4, 0.5) is 0 Å². The molecule has 1 aromatic rings. The van der Waals surface area contributed by atoms with Gasteiger partial charge in [-0.15, -0.1) is 0 Å². The normalized spacial score (nSPS) is 20.4. The highest BCUT2D eigenvalue weighted by Gasteiger charge is 2.27. The Balaban J connectivity index is 1.79. The molecule has 0 spiro atoms. The summed E-state index contributed by atoms with van der Waals surface area (Å²) in [6.07, 6.45) is 1.60. The van der Waals surface area contributed by atoms with Gasteiger partial charge in [0, 0.05) is 24.2 Å². The van der Waals surface area contributed by atoms with Gasteiger partial charge in [0.05, 0.1) is 6.61 Å². The number of epoxide rings is 1. The Bertz CT molecular complexity index is 470. The van der Waals surface area contributed by atoms with Gasteiger partial charge in [-0.25, -0.2) is 0 Å². The summed E-state index contributed by atoms with van der Waals surface area (Å²) < 4.78 is 10.9. The van der Waals surface area contributed by atoms with Gasteiger partial charge in [-0.1, -0.05) is 24.8 Å². The zero-order chi connectivity index (χ0) is 12.5. The first-order valence-electron chi connectivity index (χ1n) is 6.04. The molecule has 1 saturated heterocycles. The molecular weight excluding hydrogens is 230 g/mol. The van der Waals surface area contributed by atoms with Crippen LogP contribution in [0.3, 0.4) is 0 Å². The van der Waals surface area contributed by atoms with Gasteiger partial charge in [0.2, 0.25) is 5.91 Å². The van der Waals surface area contributed by atoms with Gasteiger partial charge in [-0.05, 0) is 6.08 Å². The van der Waals surface area contributed by atoms with Crippen molar-refractivity contribution in [1.82, 2.24) is 4.90 Å². The third-order valence-electron chi connectivity index (χ3n) is 3.20. The average molecular weight is 245 g/mol. The fourth-order valence-corrected chi connectivity index (χ4v) is 2.17. The SMILES string of the molecule is C=CC(=O)N1Cc2cccc(c2OCC2CO2)C1. The number of nitrogens with zero attached hydrogens (tertiary/aromatic N) is 1. The van der Waals surface area contributed by atoms with E-state index in [0.29, 0.717) is 19.7 Å². The van der Waals surface area contributed by atoms with Crippen LogP contribution < -0.4 is 4.74 Å². The Labute approximate surface area is 106 Å². The second kappa shape index (κ2) is 4.46. The molecule has 1 aromatic carbocycles. The molecule has 4 nitrogen and oxygen atoms in total. The molecule has 2 aliphatic rings. The largest absolute Gasteiger partial charge is 0.490 e. The Kier molecular flexibility index (Phi) is 2.80. The Morgan fingerprint density at radius 1 is 1.50 bits per heavy atom. The summed E-state index contributed by atoms with van der Waals surface area (Å²) in [6, 6.07) is 5.99. The van der Waals surface area contributed by atoms with Crippen LogP contribution in [0.2, 0.25) is 0 Å². The van der Waals surface area contributed by atoms with E-state index in [1.807, 2.05) is 18.2 Å². The van der Waals surface area contributed by atoms with Crippen molar-refractivity contribution in [3.63, 3.8) is 0 Å². The Hall–Kier alpha value is -1.81. The molecule has 0 radical (unpaired) electrons. The average Bonchev–Trinajstić information content (AvgIpc) is 3.18. The van der Waals surface area contributed by atoms with Crippen molar-refractivity contribution < 1.29 is 14.3 Å². The van der Waals surface area contributed by atoms with Crippen molar-refractivity contribution >= 4 is 5.91 Å². The second-order valence-electron chi connectivity index (χ2n) is 4.57. The summed E-state index contributed by atoms with van der Waals surface area (Å²) in [5, 5.41) is 0. The lowest BCUT2D eigenvalue weighted by Crippen LogP contribution is -2.32. The van der Waals surface area contributed by atoms with Gasteiger partial charge in [0.25, 0.3) is 0 Å². The van der Waals surface area contributed by atoms with Gasteiger partial charge < -0.3 is 14.4 Å². The number of ether oxygens (including phenoxy) is 2. The summed E-state index contributed by atoms with van der Waals surface area (Å²) in [4.78, 5) is 13.4. The van der Waals surface area contributed by atoms with Crippen molar-refractivity contribution in [3.05, 3.63) is 42.0 Å². The predicted molar refractivity (Wildman–Crippen MR) is 66.1 cm³/mol. The zero-order valence-corrected chi connectivity index (χ0v) is 10.1. The molecular formula is C14H15NO3. The topological polar surface area (TPSA) is 42.1 Å². The smallest absolute Gasteiger partial charge is 0.246 e. The summed E-state index contributed by atoms with van der Waals surface area (Å²) in [7, 11) is 0. The van der Waals surface area contributed by atoms with Crippen molar-refractivity contribution in [1.29, 1.82) is 0 Å². The molecule has 1 unspecified atom stereocenters. The number of rotatable bonds is 4. The molecule has 2 aliphatic heterocycles. The Morgan fingerprint density at radius 2 is 2.17 bits per heavy atom. The number of carbonyl (C=O) groups is 1. The molecule has 94 valence electrons. The van der Waals surface area contributed by atoms with E-state index in [0.717, 1.165) is 23.5 Å². The molecule has 1 amide bonds. The fraction of sp³-hybridized carbons (Fsp3) is 0.357. The van der Waals surface area contributed by atoms with E-state index in [-0.39, 0.29) is 12.0 Å². The number of benzene rings is 1. The van der Waals surface area contributed by atoms with Crippen LogP contribution in [0.25, 0.3) is 0 Å². The molecule has 2 heterocycles. The van der Waals surface area contributed by atoms with E-state index < -0.39 is 0 Å². The first kappa shape index (κ1) is 11.3. The van der Waals surface area contributed by atoms with Crippen molar-refractivity contribution in [2.45, 2.75) is 19.2 Å². The van der Waals surface area contributed by atoms with Crippen LogP contribution in [0.5, 0.6) is 5.75 Å². The van der Waals surface area contributed by atoms with E-state index in [4.69, 9.17) is 9.47 Å². The molecule has 0 saturated carbocycles. The third kappa shape index (κ3) is 2.11. The van der Waals surface area contributed by atoms with Crippen LogP contribution in [0, 0.1) is 0 Å². The Morgan fingerprint density at radius 3 is 2.72 bits per heavy atom. The van der Waals surface area contributed by atoms with E-state index >= 15 is 0 Å². The molecule has 4 heteroatoms. The molecule has 2 bridgehead atoms. The standard InChI is InChI=1S/C14H15NO3/c1-2-13(16)15-6-10-4-3-5-11(7-15)14(10)18-9-12-8-17-12/h2-5,12H,1,6-9H2. The van der Waals surface area contributed by atoms with Crippen LogP contribution >= 0.6 is 0 Å². The van der Waals surface area contributed by atoms with Gasteiger partial charge in [0.1, 0.15) is 18.5 Å². The molecule has 0 aliphatic carbocycles. The molecule has 3 rings (SSSR count). The minimum absolute atomic E-state index is 0.0433. The first-order chi connectivity index (χ1) is 8.78. The van der Waals surface area contributed by atoms with E-state index in [1.54, 1.807) is 4.90 Å². The maximum Gasteiger partial charge on any atom is 0.246 e. The minimum Gasteiger partial charge on any atom is -0.490 e.